The van der Waals surface area contributed by atoms with Gasteiger partial charge in [0.05, 0.1) is 0 Å². The Morgan fingerprint density at radius 3 is 1.20 bits per heavy atom. The number of rotatable bonds is 0. The Balaban J connectivity index is 0. The Labute approximate surface area is 33.8 Å². The SMILES string of the molecule is O=[Si].O=[Si]=O. The second-order valence-electron chi connectivity index (χ2n) is 0.0833. The average molecular weight is 104 g/mol. The van der Waals surface area contributed by atoms with Crippen molar-refractivity contribution in [3.05, 3.63) is 0 Å². The van der Waals surface area contributed by atoms with E-state index in [0.29, 0.717) is 0 Å². The maximum Gasteiger partial charge on any atom is 0.549 e. The van der Waals surface area contributed by atoms with Crippen LogP contribution in [0.1, 0.15) is 0 Å². The minimum absolute atomic E-state index is 1.42. The maximum absolute atomic E-state index is 8.40. The van der Waals surface area contributed by atoms with Crippen LogP contribution in [0.3, 0.4) is 0 Å². The molecule has 0 amide bonds. The van der Waals surface area contributed by atoms with Crippen LogP contribution in [0, 0.1) is 0 Å². The van der Waals surface area contributed by atoms with Gasteiger partial charge < -0.3 is 4.46 Å². The van der Waals surface area contributed by atoms with E-state index in [1.807, 2.05) is 0 Å². The molecule has 0 aliphatic heterocycles. The summed E-state index contributed by atoms with van der Waals surface area (Å²) in [7, 11) is 0.306. The lowest BCUT2D eigenvalue weighted by atomic mass is 15.9. The van der Waals surface area contributed by atoms with E-state index in [4.69, 9.17) is 13.4 Å². The van der Waals surface area contributed by atoms with Crippen LogP contribution in [0.5, 0.6) is 0 Å². The summed E-state index contributed by atoms with van der Waals surface area (Å²) in [5, 5.41) is 0. The molecule has 0 heterocycles. The summed E-state index contributed by atoms with van der Waals surface area (Å²) in [6, 6.07) is 0. The molecular formula is O3Si2. The number of hydrogen-bond donors (Lipinski definition) is 0. The van der Waals surface area contributed by atoms with E-state index in [1.165, 1.54) is 0 Å². The standard InChI is InChI=1S/O2Si.OSi/c1-3-2;1-2. The van der Waals surface area contributed by atoms with E-state index in [9.17, 15) is 0 Å². The third-order valence-electron chi connectivity index (χ3n) is 0. The average Bonchev–Trinajstić information content (AvgIpc) is 1.46. The first kappa shape index (κ1) is 8.85. The molecule has 0 fully saturated rings. The second-order valence-corrected chi connectivity index (χ2v) is 0.250. The summed E-state index contributed by atoms with van der Waals surface area (Å²) in [5.74, 6) is 0. The molecule has 0 rings (SSSR count). The van der Waals surface area contributed by atoms with Gasteiger partial charge in [-0.1, -0.05) is 0 Å². The highest BCUT2D eigenvalue weighted by molar-refractivity contribution is 5.94. The summed E-state index contributed by atoms with van der Waals surface area (Å²) in [6.07, 6.45) is 0. The summed E-state index contributed by atoms with van der Waals surface area (Å²) >= 11 is 0. The first-order valence-corrected chi connectivity index (χ1v) is 1.84. The molecule has 0 saturated carbocycles. The fourth-order valence-corrected chi connectivity index (χ4v) is 0. The van der Waals surface area contributed by atoms with Crippen molar-refractivity contribution < 1.29 is 13.4 Å². The van der Waals surface area contributed by atoms with Crippen LogP contribution >= 0.6 is 0 Å². The molecule has 5 heavy (non-hydrogen) atoms. The fraction of sp³-hybridized carbons (Fsp3) is 0. The zero-order chi connectivity index (χ0) is 4.71. The predicted octanol–water partition coefficient (Wildman–Crippen LogP) is -1.12. The highest BCUT2D eigenvalue weighted by Gasteiger charge is 1.22. The third-order valence-corrected chi connectivity index (χ3v) is 0. The lowest BCUT2D eigenvalue weighted by Crippen LogP contribution is -1.26. The summed E-state index contributed by atoms with van der Waals surface area (Å²) < 4.78 is 24.9. The Kier molecular flexibility index (Phi) is 78.4. The van der Waals surface area contributed by atoms with Gasteiger partial charge in [-0.05, 0) is 0 Å². The van der Waals surface area contributed by atoms with Gasteiger partial charge in [0, 0.05) is 0 Å². The molecule has 0 N–H and O–H groups in total. The lowest BCUT2D eigenvalue weighted by Gasteiger charge is -0.944. The zero-order valence-corrected chi connectivity index (χ0v) is 4.22. The van der Waals surface area contributed by atoms with Gasteiger partial charge in [-0.3, -0.25) is 8.92 Å². The molecular weight excluding hydrogens is 104 g/mol. The number of hydrogen-bond acceptors (Lipinski definition) is 3. The first-order valence-electron chi connectivity index (χ1n) is 0.612. The molecule has 0 spiro atoms. The molecule has 2 radical (unpaired) electrons. The lowest BCUT2D eigenvalue weighted by molar-refractivity contribution is 0.497. The van der Waals surface area contributed by atoms with Crippen LogP contribution in [-0.4, -0.2) is 19.4 Å². The monoisotopic (exact) mass is 104 g/mol. The van der Waals surface area contributed by atoms with Crippen molar-refractivity contribution in [2.24, 2.45) is 0 Å². The van der Waals surface area contributed by atoms with Gasteiger partial charge in [0.15, 0.2) is 0 Å². The minimum Gasteiger partial charge on any atom is -0.381 e. The van der Waals surface area contributed by atoms with Crippen LogP contribution in [0.4, 0.5) is 0 Å². The molecule has 0 aliphatic carbocycles. The quantitative estimate of drug-likeness (QED) is 0.366. The Morgan fingerprint density at radius 2 is 1.20 bits per heavy atom. The predicted molar refractivity (Wildman–Crippen MR) is 13.6 cm³/mol. The Morgan fingerprint density at radius 1 is 1.20 bits per heavy atom. The topological polar surface area (TPSA) is 51.2 Å². The molecule has 0 unspecified atom stereocenters. The largest absolute Gasteiger partial charge is 0.549 e. The third kappa shape index (κ3) is 467. The summed E-state index contributed by atoms with van der Waals surface area (Å²) in [4.78, 5) is 0. The van der Waals surface area contributed by atoms with Gasteiger partial charge in [-0.2, -0.15) is 0 Å². The fourth-order valence-electron chi connectivity index (χ4n) is 0. The van der Waals surface area contributed by atoms with Crippen LogP contribution < -0.4 is 0 Å². The van der Waals surface area contributed by atoms with E-state index in [-0.39, 0.29) is 0 Å². The molecule has 0 aliphatic rings. The van der Waals surface area contributed by atoms with Crippen molar-refractivity contribution in [2.75, 3.05) is 0 Å². The highest BCUT2D eigenvalue weighted by atomic mass is 28.2. The van der Waals surface area contributed by atoms with Crippen LogP contribution in [0.25, 0.3) is 0 Å². The van der Waals surface area contributed by atoms with Crippen molar-refractivity contribution in [2.45, 2.75) is 0 Å². The van der Waals surface area contributed by atoms with Crippen molar-refractivity contribution in [1.82, 2.24) is 0 Å². The minimum atomic E-state index is -1.42. The summed E-state index contributed by atoms with van der Waals surface area (Å²) in [5.41, 5.74) is 0. The van der Waals surface area contributed by atoms with Crippen LogP contribution in [0.15, 0.2) is 0 Å². The molecule has 0 saturated heterocycles. The van der Waals surface area contributed by atoms with Crippen molar-refractivity contribution >= 4 is 19.4 Å². The molecule has 3 nitrogen and oxygen atoms in total. The van der Waals surface area contributed by atoms with E-state index >= 15 is 0 Å². The molecule has 0 atom stereocenters. The van der Waals surface area contributed by atoms with Gasteiger partial charge in [-0.25, -0.2) is 0 Å². The van der Waals surface area contributed by atoms with Gasteiger partial charge >= 0.3 is 19.4 Å². The van der Waals surface area contributed by atoms with Gasteiger partial charge in [0.1, 0.15) is 0 Å². The second kappa shape index (κ2) is 44.3. The molecule has 0 bridgehead atoms. The molecule has 0 aromatic heterocycles. The van der Waals surface area contributed by atoms with E-state index in [0.717, 1.165) is 0 Å². The molecule has 0 aromatic rings. The smallest absolute Gasteiger partial charge is 0.381 e. The van der Waals surface area contributed by atoms with E-state index in [2.05, 4.69) is 0 Å². The molecule has 5 heteroatoms. The van der Waals surface area contributed by atoms with Crippen molar-refractivity contribution in [3.63, 3.8) is 0 Å². The van der Waals surface area contributed by atoms with E-state index < -0.39 is 9.29 Å². The van der Waals surface area contributed by atoms with Crippen molar-refractivity contribution in [3.8, 4) is 0 Å². The maximum atomic E-state index is 8.40. The highest BCUT2D eigenvalue weighted by Crippen LogP contribution is 0.759. The van der Waals surface area contributed by atoms with Crippen molar-refractivity contribution in [1.29, 1.82) is 0 Å². The van der Waals surface area contributed by atoms with Crippen LogP contribution in [0.2, 0.25) is 0 Å². The van der Waals surface area contributed by atoms with Gasteiger partial charge in [-0.15, -0.1) is 0 Å². The van der Waals surface area contributed by atoms with Crippen LogP contribution in [-0.2, 0) is 13.4 Å². The molecule has 0 aromatic carbocycles. The van der Waals surface area contributed by atoms with Gasteiger partial charge in [0.25, 0.3) is 0 Å². The Bertz CT molecular complexity index is 34.2. The van der Waals surface area contributed by atoms with E-state index in [1.54, 1.807) is 10.1 Å². The normalized spacial score (nSPS) is 2.40. The van der Waals surface area contributed by atoms with Gasteiger partial charge in [0.2, 0.25) is 0 Å². The first-order chi connectivity index (χ1) is 2.41. The zero-order valence-electron chi connectivity index (χ0n) is 2.22. The summed E-state index contributed by atoms with van der Waals surface area (Å²) in [6.45, 7) is 0. The molecule has 26 valence electrons. The Hall–Kier alpha value is -0.166.